The number of nitrogens with zero attached hydrogens (tertiary/aromatic N) is 1. The monoisotopic (exact) mass is 294 g/mol. The van der Waals surface area contributed by atoms with E-state index in [1.165, 1.54) is 5.56 Å². The molecule has 0 radical (unpaired) electrons. The van der Waals surface area contributed by atoms with Crippen molar-refractivity contribution < 1.29 is 4.79 Å². The molecule has 1 amide bonds. The lowest BCUT2D eigenvalue weighted by atomic mass is 9.97. The van der Waals surface area contributed by atoms with Gasteiger partial charge in [-0.2, -0.15) is 11.3 Å². The summed E-state index contributed by atoms with van der Waals surface area (Å²) >= 11 is 1.69. The topological polar surface area (TPSA) is 32.3 Å². The molecule has 3 unspecified atom stereocenters. The number of hydrogen-bond acceptors (Lipinski definition) is 3. The number of thiophene rings is 1. The first kappa shape index (κ1) is 15.5. The smallest absolute Gasteiger partial charge is 0.241 e. The van der Waals surface area contributed by atoms with Crippen LogP contribution in [0.2, 0.25) is 0 Å². The van der Waals surface area contributed by atoms with Crippen molar-refractivity contribution in [1.29, 1.82) is 0 Å². The molecule has 20 heavy (non-hydrogen) atoms. The van der Waals surface area contributed by atoms with Crippen LogP contribution in [0.15, 0.2) is 16.8 Å². The molecule has 1 fully saturated rings. The fourth-order valence-corrected chi connectivity index (χ4v) is 3.28. The highest BCUT2D eigenvalue weighted by atomic mass is 32.1. The summed E-state index contributed by atoms with van der Waals surface area (Å²) in [6.45, 7) is 9.65. The number of hydrogen-bond donors (Lipinski definition) is 1. The van der Waals surface area contributed by atoms with Gasteiger partial charge in [0.1, 0.15) is 6.17 Å². The highest BCUT2D eigenvalue weighted by Gasteiger charge is 2.39. The number of nitrogens with one attached hydrogen (secondary N) is 1. The fraction of sp³-hybridized carbons (Fsp3) is 0.688. The zero-order valence-corrected chi connectivity index (χ0v) is 13.7. The van der Waals surface area contributed by atoms with Crippen LogP contribution in [-0.2, 0) is 4.79 Å². The Hall–Kier alpha value is -0.870. The van der Waals surface area contributed by atoms with E-state index in [0.717, 1.165) is 19.4 Å². The van der Waals surface area contributed by atoms with Gasteiger partial charge < -0.3 is 4.90 Å². The van der Waals surface area contributed by atoms with E-state index in [-0.39, 0.29) is 18.1 Å². The molecule has 1 aromatic rings. The maximum Gasteiger partial charge on any atom is 0.241 e. The lowest BCUT2D eigenvalue weighted by molar-refractivity contribution is -0.131. The molecule has 2 rings (SSSR count). The maximum atomic E-state index is 12.6. The Kier molecular flexibility index (Phi) is 5.22. The molecule has 1 N–H and O–H groups in total. The molecule has 3 nitrogen and oxygen atoms in total. The van der Waals surface area contributed by atoms with Gasteiger partial charge in [-0.1, -0.05) is 34.1 Å². The Bertz CT molecular complexity index is 430. The van der Waals surface area contributed by atoms with Crippen molar-refractivity contribution in [2.45, 2.75) is 52.7 Å². The van der Waals surface area contributed by atoms with Crippen molar-refractivity contribution in [3.63, 3.8) is 0 Å². The molecule has 0 aliphatic carbocycles. The summed E-state index contributed by atoms with van der Waals surface area (Å²) in [6, 6.07) is 2.11. The van der Waals surface area contributed by atoms with Crippen LogP contribution in [0.25, 0.3) is 0 Å². The molecule has 1 aromatic heterocycles. The van der Waals surface area contributed by atoms with E-state index in [2.05, 4.69) is 49.8 Å². The third kappa shape index (κ3) is 3.23. The number of carbonyl (C=O) groups excluding carboxylic acids is 1. The third-order valence-electron chi connectivity index (χ3n) is 4.31. The molecular formula is C16H26N2OS. The van der Waals surface area contributed by atoms with Gasteiger partial charge in [0, 0.05) is 6.54 Å². The normalized spacial score (nSPS) is 24.6. The van der Waals surface area contributed by atoms with Gasteiger partial charge >= 0.3 is 0 Å². The van der Waals surface area contributed by atoms with Gasteiger partial charge in [0.25, 0.3) is 0 Å². The Morgan fingerprint density at radius 2 is 2.15 bits per heavy atom. The average Bonchev–Trinajstić information content (AvgIpc) is 3.02. The Balaban J connectivity index is 2.17. The quantitative estimate of drug-likeness (QED) is 0.869. The largest absolute Gasteiger partial charge is 0.321 e. The van der Waals surface area contributed by atoms with Crippen LogP contribution >= 0.6 is 11.3 Å². The molecule has 1 saturated heterocycles. The van der Waals surface area contributed by atoms with E-state index in [4.69, 9.17) is 0 Å². The first-order valence-corrected chi connectivity index (χ1v) is 8.57. The second-order valence-electron chi connectivity index (χ2n) is 6.18. The van der Waals surface area contributed by atoms with Gasteiger partial charge in [-0.25, -0.2) is 0 Å². The molecule has 0 bridgehead atoms. The lowest BCUT2D eigenvalue weighted by Crippen LogP contribution is -2.35. The summed E-state index contributed by atoms with van der Waals surface area (Å²) in [5, 5.41) is 7.75. The Morgan fingerprint density at radius 1 is 1.40 bits per heavy atom. The summed E-state index contributed by atoms with van der Waals surface area (Å²) < 4.78 is 0. The number of amides is 1. The molecule has 1 aliphatic rings. The summed E-state index contributed by atoms with van der Waals surface area (Å²) in [5.41, 5.74) is 1.22. The van der Waals surface area contributed by atoms with Gasteiger partial charge in [0.15, 0.2) is 0 Å². The van der Waals surface area contributed by atoms with Crippen molar-refractivity contribution in [1.82, 2.24) is 10.2 Å². The molecule has 0 saturated carbocycles. The third-order valence-corrected chi connectivity index (χ3v) is 5.01. The highest BCUT2D eigenvalue weighted by Crippen LogP contribution is 2.30. The summed E-state index contributed by atoms with van der Waals surface area (Å²) in [7, 11) is 0. The zero-order chi connectivity index (χ0) is 14.7. The highest BCUT2D eigenvalue weighted by molar-refractivity contribution is 7.07. The zero-order valence-electron chi connectivity index (χ0n) is 12.9. The van der Waals surface area contributed by atoms with Crippen molar-refractivity contribution >= 4 is 17.2 Å². The molecule has 2 heterocycles. The van der Waals surface area contributed by atoms with Crippen LogP contribution in [0, 0.1) is 11.8 Å². The predicted molar refractivity (Wildman–Crippen MR) is 84.6 cm³/mol. The maximum absolute atomic E-state index is 12.6. The minimum absolute atomic E-state index is 0.00994. The summed E-state index contributed by atoms with van der Waals surface area (Å²) in [4.78, 5) is 14.7. The molecule has 0 aromatic carbocycles. The lowest BCUT2D eigenvalue weighted by Gasteiger charge is -2.28. The fourth-order valence-electron chi connectivity index (χ4n) is 2.60. The Labute approximate surface area is 126 Å². The van der Waals surface area contributed by atoms with Crippen LogP contribution in [0.5, 0.6) is 0 Å². The minimum Gasteiger partial charge on any atom is -0.321 e. The van der Waals surface area contributed by atoms with Crippen LogP contribution < -0.4 is 5.32 Å². The first-order valence-electron chi connectivity index (χ1n) is 7.63. The van der Waals surface area contributed by atoms with Crippen LogP contribution in [0.4, 0.5) is 0 Å². The molecular weight excluding hydrogens is 268 g/mol. The summed E-state index contributed by atoms with van der Waals surface area (Å²) in [6.07, 6.45) is 2.02. The average molecular weight is 294 g/mol. The second-order valence-corrected chi connectivity index (χ2v) is 6.96. The molecule has 4 heteroatoms. The van der Waals surface area contributed by atoms with E-state index in [1.54, 1.807) is 11.3 Å². The van der Waals surface area contributed by atoms with E-state index in [0.29, 0.717) is 11.8 Å². The van der Waals surface area contributed by atoms with E-state index in [1.807, 2.05) is 4.90 Å². The van der Waals surface area contributed by atoms with Gasteiger partial charge in [0.05, 0.1) is 6.04 Å². The van der Waals surface area contributed by atoms with E-state index < -0.39 is 0 Å². The van der Waals surface area contributed by atoms with Crippen LogP contribution in [0.3, 0.4) is 0 Å². The number of rotatable bonds is 6. The molecule has 0 spiro atoms. The SMILES string of the molecule is CCCC1NC(c2ccsc2)N(CC(C)C(C)C)C1=O. The molecule has 112 valence electrons. The predicted octanol–water partition coefficient (Wildman–Crippen LogP) is 3.64. The Morgan fingerprint density at radius 3 is 2.70 bits per heavy atom. The van der Waals surface area contributed by atoms with Crippen LogP contribution in [-0.4, -0.2) is 23.4 Å². The van der Waals surface area contributed by atoms with E-state index in [9.17, 15) is 4.79 Å². The number of carbonyl (C=O) groups is 1. The van der Waals surface area contributed by atoms with Gasteiger partial charge in [-0.15, -0.1) is 0 Å². The molecule has 1 aliphatic heterocycles. The van der Waals surface area contributed by atoms with Crippen LogP contribution in [0.1, 0.15) is 52.3 Å². The molecule has 3 atom stereocenters. The summed E-state index contributed by atoms with van der Waals surface area (Å²) in [5.74, 6) is 1.38. The van der Waals surface area contributed by atoms with E-state index >= 15 is 0 Å². The standard InChI is InChI=1S/C16H26N2OS/c1-5-6-14-16(19)18(9-12(4)11(2)3)15(17-14)13-7-8-20-10-13/h7-8,10-12,14-15,17H,5-6,9H2,1-4H3. The van der Waals surface area contributed by atoms with Crippen molar-refractivity contribution in [3.05, 3.63) is 22.4 Å². The van der Waals surface area contributed by atoms with Crippen molar-refractivity contribution in [3.8, 4) is 0 Å². The first-order chi connectivity index (χ1) is 9.54. The van der Waals surface area contributed by atoms with Gasteiger partial charge in [-0.3, -0.25) is 10.1 Å². The van der Waals surface area contributed by atoms with Gasteiger partial charge in [0.2, 0.25) is 5.91 Å². The van der Waals surface area contributed by atoms with Gasteiger partial charge in [-0.05, 0) is 40.6 Å². The minimum atomic E-state index is -0.00994. The van der Waals surface area contributed by atoms with Crippen molar-refractivity contribution in [2.24, 2.45) is 11.8 Å². The second kappa shape index (κ2) is 6.72. The van der Waals surface area contributed by atoms with Crippen molar-refractivity contribution in [2.75, 3.05) is 6.54 Å².